The van der Waals surface area contributed by atoms with Gasteiger partial charge in [0.25, 0.3) is 0 Å². The van der Waals surface area contributed by atoms with Crippen molar-refractivity contribution in [1.29, 1.82) is 0 Å². The lowest BCUT2D eigenvalue weighted by molar-refractivity contribution is -0.104. The van der Waals surface area contributed by atoms with Crippen molar-refractivity contribution in [3.05, 3.63) is 0 Å². The van der Waals surface area contributed by atoms with Gasteiger partial charge in [-0.2, -0.15) is 0 Å². The molecule has 0 radical (unpaired) electrons. The van der Waals surface area contributed by atoms with Crippen LogP contribution in [0.4, 0.5) is 8.78 Å². The van der Waals surface area contributed by atoms with E-state index in [1.54, 1.807) is 0 Å². The third-order valence-electron chi connectivity index (χ3n) is 1.91. The summed E-state index contributed by atoms with van der Waals surface area (Å²) in [6.45, 7) is -2.14. The minimum Gasteiger partial charge on any atom is -0.393 e. The van der Waals surface area contributed by atoms with Crippen LogP contribution < -0.4 is 0 Å². The van der Waals surface area contributed by atoms with Crippen molar-refractivity contribution in [3.8, 4) is 0 Å². The van der Waals surface area contributed by atoms with E-state index in [4.69, 9.17) is 10.2 Å². The smallest absolute Gasteiger partial charge is 0.152 e. The van der Waals surface area contributed by atoms with Crippen molar-refractivity contribution < 1.29 is 23.7 Å². The third-order valence-corrected chi connectivity index (χ3v) is 1.91. The van der Waals surface area contributed by atoms with Gasteiger partial charge >= 0.3 is 0 Å². The van der Waals surface area contributed by atoms with E-state index < -0.39 is 31.2 Å². The SMILES string of the molecule is OCC1(CF)OCC(F)C1O. The zero-order valence-corrected chi connectivity index (χ0v) is 5.83. The minimum absolute atomic E-state index is 0.356. The summed E-state index contributed by atoms with van der Waals surface area (Å²) in [6, 6.07) is 0. The first-order valence-electron chi connectivity index (χ1n) is 3.29. The molecule has 5 heteroatoms. The Kier molecular flexibility index (Phi) is 2.41. The predicted octanol–water partition coefficient (Wildman–Crippen LogP) is -0.584. The molecular formula is C6H10F2O3. The maximum Gasteiger partial charge on any atom is 0.152 e. The van der Waals surface area contributed by atoms with E-state index in [0.717, 1.165) is 0 Å². The topological polar surface area (TPSA) is 49.7 Å². The minimum atomic E-state index is -1.72. The molecule has 1 heterocycles. The second kappa shape index (κ2) is 3.00. The van der Waals surface area contributed by atoms with Gasteiger partial charge in [0.15, 0.2) is 6.17 Å². The highest BCUT2D eigenvalue weighted by Crippen LogP contribution is 2.28. The van der Waals surface area contributed by atoms with E-state index in [-0.39, 0.29) is 6.61 Å². The Balaban J connectivity index is 2.69. The Bertz CT molecular complexity index is 138. The maximum absolute atomic E-state index is 12.5. The molecule has 0 aromatic heterocycles. The molecule has 0 aromatic rings. The van der Waals surface area contributed by atoms with Crippen LogP contribution in [0.2, 0.25) is 0 Å². The molecule has 3 atom stereocenters. The molecule has 0 aliphatic carbocycles. The van der Waals surface area contributed by atoms with Crippen molar-refractivity contribution in [2.24, 2.45) is 0 Å². The van der Waals surface area contributed by atoms with Crippen LogP contribution in [0.5, 0.6) is 0 Å². The second-order valence-electron chi connectivity index (χ2n) is 2.63. The average molecular weight is 168 g/mol. The van der Waals surface area contributed by atoms with Crippen LogP contribution in [0.25, 0.3) is 0 Å². The molecule has 1 aliphatic rings. The molecule has 0 amide bonds. The van der Waals surface area contributed by atoms with Crippen molar-refractivity contribution in [3.63, 3.8) is 0 Å². The number of aliphatic hydroxyl groups is 2. The summed E-state index contributed by atoms with van der Waals surface area (Å²) < 4.78 is 29.3. The fourth-order valence-corrected chi connectivity index (χ4v) is 1.05. The van der Waals surface area contributed by atoms with Gasteiger partial charge in [-0.3, -0.25) is 0 Å². The lowest BCUT2D eigenvalue weighted by atomic mass is 9.99. The zero-order valence-electron chi connectivity index (χ0n) is 5.83. The van der Waals surface area contributed by atoms with Gasteiger partial charge in [0, 0.05) is 0 Å². The summed E-state index contributed by atoms with van der Waals surface area (Å²) in [5.41, 5.74) is -1.72. The molecule has 0 bridgehead atoms. The highest BCUT2D eigenvalue weighted by Gasteiger charge is 2.49. The fourth-order valence-electron chi connectivity index (χ4n) is 1.05. The number of ether oxygens (including phenoxy) is 1. The fraction of sp³-hybridized carbons (Fsp3) is 1.00. The summed E-state index contributed by atoms with van der Waals surface area (Å²) in [6.07, 6.45) is -3.16. The van der Waals surface area contributed by atoms with Gasteiger partial charge in [0.2, 0.25) is 0 Å². The average Bonchev–Trinajstić information content (AvgIpc) is 2.32. The molecule has 1 rings (SSSR count). The van der Waals surface area contributed by atoms with Crippen LogP contribution in [0.15, 0.2) is 0 Å². The largest absolute Gasteiger partial charge is 0.393 e. The van der Waals surface area contributed by atoms with E-state index in [9.17, 15) is 8.78 Å². The van der Waals surface area contributed by atoms with E-state index in [2.05, 4.69) is 4.74 Å². The summed E-state index contributed by atoms with van der Waals surface area (Å²) >= 11 is 0. The Morgan fingerprint density at radius 1 is 1.64 bits per heavy atom. The Hall–Kier alpha value is -0.260. The number of rotatable bonds is 2. The number of halogens is 2. The van der Waals surface area contributed by atoms with Crippen LogP contribution in [0.1, 0.15) is 0 Å². The predicted molar refractivity (Wildman–Crippen MR) is 32.6 cm³/mol. The number of aliphatic hydroxyl groups excluding tert-OH is 2. The first-order valence-corrected chi connectivity index (χ1v) is 3.29. The highest BCUT2D eigenvalue weighted by molar-refractivity contribution is 4.97. The molecule has 66 valence electrons. The van der Waals surface area contributed by atoms with Gasteiger partial charge in [-0.1, -0.05) is 0 Å². The van der Waals surface area contributed by atoms with E-state index in [1.165, 1.54) is 0 Å². The monoisotopic (exact) mass is 168 g/mol. The van der Waals surface area contributed by atoms with Crippen molar-refractivity contribution in [1.82, 2.24) is 0 Å². The normalized spacial score (nSPS) is 44.7. The lowest BCUT2D eigenvalue weighted by Crippen LogP contribution is -2.47. The van der Waals surface area contributed by atoms with Gasteiger partial charge in [0.1, 0.15) is 18.4 Å². The van der Waals surface area contributed by atoms with Crippen molar-refractivity contribution in [2.75, 3.05) is 19.9 Å². The summed E-state index contributed by atoms with van der Waals surface area (Å²) in [5.74, 6) is 0. The van der Waals surface area contributed by atoms with Crippen molar-refractivity contribution in [2.45, 2.75) is 17.9 Å². The molecule has 1 aliphatic heterocycles. The van der Waals surface area contributed by atoms with E-state index >= 15 is 0 Å². The number of hydrogen-bond donors (Lipinski definition) is 2. The van der Waals surface area contributed by atoms with Gasteiger partial charge in [-0.25, -0.2) is 8.78 Å². The molecule has 0 aromatic carbocycles. The van der Waals surface area contributed by atoms with Crippen LogP contribution in [0, 0.1) is 0 Å². The number of hydrogen-bond acceptors (Lipinski definition) is 3. The summed E-state index contributed by atoms with van der Waals surface area (Å²) in [5, 5.41) is 17.6. The zero-order chi connectivity index (χ0) is 8.48. The third kappa shape index (κ3) is 1.23. The van der Waals surface area contributed by atoms with Gasteiger partial charge in [0.05, 0.1) is 13.2 Å². The molecule has 1 fully saturated rings. The molecule has 11 heavy (non-hydrogen) atoms. The molecule has 3 nitrogen and oxygen atoms in total. The molecule has 3 unspecified atom stereocenters. The standard InChI is InChI=1S/C6H10F2O3/c7-2-6(3-9)5(10)4(8)1-11-6/h4-5,9-10H,1-3H2. The molecule has 1 saturated heterocycles. The number of alkyl halides is 2. The van der Waals surface area contributed by atoms with Gasteiger partial charge < -0.3 is 14.9 Å². The summed E-state index contributed by atoms with van der Waals surface area (Å²) in [4.78, 5) is 0. The first-order chi connectivity index (χ1) is 5.16. The van der Waals surface area contributed by atoms with E-state index in [1.807, 2.05) is 0 Å². The summed E-state index contributed by atoms with van der Waals surface area (Å²) in [7, 11) is 0. The van der Waals surface area contributed by atoms with Crippen molar-refractivity contribution >= 4 is 0 Å². The van der Waals surface area contributed by atoms with Crippen LogP contribution >= 0.6 is 0 Å². The van der Waals surface area contributed by atoms with Crippen LogP contribution in [-0.4, -0.2) is 48.0 Å². The Labute approximate surface area is 62.6 Å². The molecule has 0 spiro atoms. The Morgan fingerprint density at radius 3 is 2.45 bits per heavy atom. The lowest BCUT2D eigenvalue weighted by Gasteiger charge is -2.25. The van der Waals surface area contributed by atoms with Crippen LogP contribution in [-0.2, 0) is 4.74 Å². The van der Waals surface area contributed by atoms with Gasteiger partial charge in [-0.05, 0) is 0 Å². The second-order valence-corrected chi connectivity index (χ2v) is 2.63. The van der Waals surface area contributed by atoms with E-state index in [0.29, 0.717) is 0 Å². The molecule has 0 saturated carbocycles. The van der Waals surface area contributed by atoms with Crippen LogP contribution in [0.3, 0.4) is 0 Å². The molecular weight excluding hydrogens is 158 g/mol. The maximum atomic E-state index is 12.5. The first kappa shape index (κ1) is 8.83. The van der Waals surface area contributed by atoms with Gasteiger partial charge in [-0.15, -0.1) is 0 Å². The quantitative estimate of drug-likeness (QED) is 0.579. The highest BCUT2D eigenvalue weighted by atomic mass is 19.1. The molecule has 2 N–H and O–H groups in total. The Morgan fingerprint density at radius 2 is 2.27 bits per heavy atom.